The molecule has 1 aromatic heterocycles. The van der Waals surface area contributed by atoms with E-state index in [0.29, 0.717) is 6.04 Å². The van der Waals surface area contributed by atoms with Gasteiger partial charge in [-0.05, 0) is 39.3 Å². The average molecular weight is 166 g/mol. The molecular weight excluding hydrogens is 148 g/mol. The molecule has 0 aromatic carbocycles. The molecule has 2 heteroatoms. The Bertz CT molecular complexity index is 231. The summed E-state index contributed by atoms with van der Waals surface area (Å²) in [6.07, 6.45) is 1.15. The molecule has 2 nitrogen and oxygen atoms in total. The lowest BCUT2D eigenvalue weighted by Gasteiger charge is -2.17. The van der Waals surface area contributed by atoms with E-state index in [9.17, 15) is 0 Å². The zero-order chi connectivity index (χ0) is 9.14. The number of nitrogens with one attached hydrogen (secondary N) is 1. The van der Waals surface area contributed by atoms with Gasteiger partial charge in [0.05, 0.1) is 0 Å². The molecule has 0 bridgehead atoms. The van der Waals surface area contributed by atoms with Crippen molar-refractivity contribution >= 4 is 0 Å². The topological polar surface area (TPSA) is 17.0 Å². The first-order chi connectivity index (χ1) is 5.65. The highest BCUT2D eigenvalue weighted by atomic mass is 15.4. The summed E-state index contributed by atoms with van der Waals surface area (Å²) < 4.78 is 2.15. The Morgan fingerprint density at radius 1 is 1.33 bits per heavy atom. The second-order valence-electron chi connectivity index (χ2n) is 3.39. The van der Waals surface area contributed by atoms with Gasteiger partial charge in [0.25, 0.3) is 0 Å². The van der Waals surface area contributed by atoms with Crippen molar-refractivity contribution in [3.05, 3.63) is 23.5 Å². The summed E-state index contributed by atoms with van der Waals surface area (Å²) in [6.45, 7) is 8.61. The smallest absolute Gasteiger partial charge is 0.0393 e. The quantitative estimate of drug-likeness (QED) is 0.729. The molecule has 0 amide bonds. The van der Waals surface area contributed by atoms with Gasteiger partial charge in [-0.3, -0.25) is 4.68 Å². The van der Waals surface area contributed by atoms with E-state index in [0.717, 1.165) is 6.42 Å². The Morgan fingerprint density at radius 3 is 2.25 bits per heavy atom. The molecule has 0 fully saturated rings. The molecule has 1 heterocycles. The molecule has 1 N–H and O–H groups in total. The highest BCUT2D eigenvalue weighted by Crippen LogP contribution is 2.05. The summed E-state index contributed by atoms with van der Waals surface area (Å²) in [7, 11) is 0. The fraction of sp³-hybridized carbons (Fsp3) is 0.600. The Hall–Kier alpha value is -0.920. The Morgan fingerprint density at radius 2 is 1.83 bits per heavy atom. The summed E-state index contributed by atoms with van der Waals surface area (Å²) in [5.41, 5.74) is 5.97. The number of nitrogens with zero attached hydrogens (tertiary/aromatic N) is 1. The lowest BCUT2D eigenvalue weighted by Crippen LogP contribution is -2.25. The molecule has 0 aliphatic carbocycles. The van der Waals surface area contributed by atoms with Crippen molar-refractivity contribution in [2.45, 2.75) is 40.2 Å². The Kier molecular flexibility index (Phi) is 2.79. The molecule has 1 aromatic rings. The van der Waals surface area contributed by atoms with Crippen LogP contribution in [0.25, 0.3) is 0 Å². The van der Waals surface area contributed by atoms with Gasteiger partial charge in [0.15, 0.2) is 0 Å². The zero-order valence-electron chi connectivity index (χ0n) is 8.39. The monoisotopic (exact) mass is 166 g/mol. The van der Waals surface area contributed by atoms with Crippen LogP contribution in [0.2, 0.25) is 0 Å². The highest BCUT2D eigenvalue weighted by molar-refractivity contribution is 5.15. The average Bonchev–Trinajstić information content (AvgIpc) is 2.35. The molecule has 1 atom stereocenters. The van der Waals surface area contributed by atoms with E-state index >= 15 is 0 Å². The van der Waals surface area contributed by atoms with Crippen LogP contribution < -0.4 is 5.43 Å². The van der Waals surface area contributed by atoms with Crippen molar-refractivity contribution in [2.75, 3.05) is 5.43 Å². The van der Waals surface area contributed by atoms with Crippen LogP contribution in [0.15, 0.2) is 12.1 Å². The van der Waals surface area contributed by atoms with Crippen molar-refractivity contribution in [2.24, 2.45) is 0 Å². The molecule has 0 saturated heterocycles. The van der Waals surface area contributed by atoms with Crippen LogP contribution in [-0.2, 0) is 0 Å². The molecule has 68 valence electrons. The van der Waals surface area contributed by atoms with Crippen LogP contribution >= 0.6 is 0 Å². The standard InChI is InChI=1S/C10H18N2/c1-5-8(2)11-12-9(3)6-7-10(12)4/h6-8,11H,5H2,1-4H3. The Labute approximate surface area is 74.6 Å². The number of aromatic nitrogens is 1. The predicted molar refractivity (Wildman–Crippen MR) is 53.0 cm³/mol. The molecule has 0 saturated carbocycles. The fourth-order valence-electron chi connectivity index (χ4n) is 1.18. The van der Waals surface area contributed by atoms with Crippen LogP contribution in [-0.4, -0.2) is 10.7 Å². The minimum Gasteiger partial charge on any atom is -0.323 e. The summed E-state index contributed by atoms with van der Waals surface area (Å²) in [6, 6.07) is 4.80. The van der Waals surface area contributed by atoms with Crippen LogP contribution in [0.1, 0.15) is 31.7 Å². The molecule has 0 aliphatic heterocycles. The van der Waals surface area contributed by atoms with Crippen molar-refractivity contribution in [3.63, 3.8) is 0 Å². The molecular formula is C10H18N2. The highest BCUT2D eigenvalue weighted by Gasteiger charge is 2.02. The minimum atomic E-state index is 0.537. The largest absolute Gasteiger partial charge is 0.323 e. The molecule has 12 heavy (non-hydrogen) atoms. The normalized spacial score (nSPS) is 13.0. The number of hydrogen-bond donors (Lipinski definition) is 1. The SMILES string of the molecule is CCC(C)Nn1c(C)ccc1C. The molecule has 0 aliphatic rings. The van der Waals surface area contributed by atoms with E-state index in [1.807, 2.05) is 0 Å². The van der Waals surface area contributed by atoms with Gasteiger partial charge in [-0.1, -0.05) is 6.92 Å². The molecule has 0 radical (unpaired) electrons. The van der Waals surface area contributed by atoms with Crippen LogP contribution in [0.5, 0.6) is 0 Å². The van der Waals surface area contributed by atoms with E-state index < -0.39 is 0 Å². The second kappa shape index (κ2) is 3.65. The molecule has 0 spiro atoms. The zero-order valence-corrected chi connectivity index (χ0v) is 8.39. The summed E-state index contributed by atoms with van der Waals surface area (Å²) >= 11 is 0. The van der Waals surface area contributed by atoms with Gasteiger partial charge in [-0.2, -0.15) is 0 Å². The third-order valence-electron chi connectivity index (χ3n) is 2.23. The summed E-state index contributed by atoms with van der Waals surface area (Å²) in [5.74, 6) is 0. The Balaban J connectivity index is 2.73. The van der Waals surface area contributed by atoms with Gasteiger partial charge in [0, 0.05) is 17.4 Å². The summed E-state index contributed by atoms with van der Waals surface area (Å²) in [5, 5.41) is 0. The van der Waals surface area contributed by atoms with Gasteiger partial charge in [-0.25, -0.2) is 0 Å². The van der Waals surface area contributed by atoms with Crippen LogP contribution in [0.3, 0.4) is 0 Å². The maximum Gasteiger partial charge on any atom is 0.0393 e. The second-order valence-corrected chi connectivity index (χ2v) is 3.39. The number of aryl methyl sites for hydroxylation is 2. The van der Waals surface area contributed by atoms with Gasteiger partial charge in [-0.15, -0.1) is 0 Å². The van der Waals surface area contributed by atoms with E-state index in [4.69, 9.17) is 0 Å². The third-order valence-corrected chi connectivity index (χ3v) is 2.23. The van der Waals surface area contributed by atoms with E-state index in [1.54, 1.807) is 0 Å². The fourth-order valence-corrected chi connectivity index (χ4v) is 1.18. The number of hydrogen-bond acceptors (Lipinski definition) is 1. The van der Waals surface area contributed by atoms with Crippen LogP contribution in [0.4, 0.5) is 0 Å². The third kappa shape index (κ3) is 1.81. The minimum absolute atomic E-state index is 0.537. The van der Waals surface area contributed by atoms with E-state index in [1.165, 1.54) is 11.4 Å². The first-order valence-corrected chi connectivity index (χ1v) is 4.56. The maximum absolute atomic E-state index is 3.42. The first-order valence-electron chi connectivity index (χ1n) is 4.56. The lowest BCUT2D eigenvalue weighted by atomic mass is 10.3. The predicted octanol–water partition coefficient (Wildman–Crippen LogP) is 2.45. The van der Waals surface area contributed by atoms with Crippen molar-refractivity contribution in [1.82, 2.24) is 4.68 Å². The van der Waals surface area contributed by atoms with Gasteiger partial charge in [0.2, 0.25) is 0 Å². The van der Waals surface area contributed by atoms with Crippen molar-refractivity contribution < 1.29 is 0 Å². The van der Waals surface area contributed by atoms with Crippen LogP contribution in [0, 0.1) is 13.8 Å². The van der Waals surface area contributed by atoms with Gasteiger partial charge < -0.3 is 5.43 Å². The maximum atomic E-state index is 3.42. The first kappa shape index (κ1) is 9.17. The van der Waals surface area contributed by atoms with Gasteiger partial charge in [0.1, 0.15) is 0 Å². The molecule has 1 unspecified atom stereocenters. The van der Waals surface area contributed by atoms with Gasteiger partial charge >= 0.3 is 0 Å². The van der Waals surface area contributed by atoms with E-state index in [2.05, 4.69) is 49.9 Å². The lowest BCUT2D eigenvalue weighted by molar-refractivity contribution is 0.648. The number of rotatable bonds is 3. The summed E-state index contributed by atoms with van der Waals surface area (Å²) in [4.78, 5) is 0. The van der Waals surface area contributed by atoms with Crippen molar-refractivity contribution in [3.8, 4) is 0 Å². The van der Waals surface area contributed by atoms with Crippen molar-refractivity contribution in [1.29, 1.82) is 0 Å². The molecule has 1 rings (SSSR count). The van der Waals surface area contributed by atoms with E-state index in [-0.39, 0.29) is 0 Å².